The van der Waals surface area contributed by atoms with Crippen LogP contribution >= 0.6 is 0 Å². The highest BCUT2D eigenvalue weighted by atomic mass is 16.2. The van der Waals surface area contributed by atoms with Crippen molar-refractivity contribution in [2.75, 3.05) is 18.5 Å². The Hall–Kier alpha value is -3.48. The standard InChI is InChI=1S/C22H25N5O2/c1-15-13-16(2)26-22(29)19(15)21(28)25-14-17-7-6-11-24-20(17)27(3)12-9-18-8-4-5-10-23-18/h4-8,10-11,13H,9,12,14H2,1-3H3,(H,25,28)(H,26,29). The Labute approximate surface area is 169 Å². The quantitative estimate of drug-likeness (QED) is 0.645. The van der Waals surface area contributed by atoms with Crippen LogP contribution in [0.2, 0.25) is 0 Å². The maximum absolute atomic E-state index is 12.6. The van der Waals surface area contributed by atoms with Gasteiger partial charge in [-0.2, -0.15) is 0 Å². The molecule has 2 N–H and O–H groups in total. The van der Waals surface area contributed by atoms with Crippen LogP contribution in [0.1, 0.15) is 32.9 Å². The predicted octanol–water partition coefficient (Wildman–Crippen LogP) is 2.39. The van der Waals surface area contributed by atoms with Crippen LogP contribution < -0.4 is 15.8 Å². The third-order valence-corrected chi connectivity index (χ3v) is 4.69. The van der Waals surface area contributed by atoms with Gasteiger partial charge in [0.05, 0.1) is 0 Å². The molecule has 7 heteroatoms. The molecular formula is C22H25N5O2. The number of H-pyrrole nitrogens is 1. The lowest BCUT2D eigenvalue weighted by molar-refractivity contribution is 0.0948. The summed E-state index contributed by atoms with van der Waals surface area (Å²) in [5.41, 5.74) is 3.05. The van der Waals surface area contributed by atoms with Crippen molar-refractivity contribution in [1.82, 2.24) is 20.3 Å². The Morgan fingerprint density at radius 1 is 1.14 bits per heavy atom. The molecule has 29 heavy (non-hydrogen) atoms. The molecule has 0 fully saturated rings. The number of nitrogens with one attached hydrogen (secondary N) is 2. The summed E-state index contributed by atoms with van der Waals surface area (Å²) < 4.78 is 0. The van der Waals surface area contributed by atoms with Gasteiger partial charge >= 0.3 is 0 Å². The molecule has 3 rings (SSSR count). The zero-order chi connectivity index (χ0) is 20.8. The van der Waals surface area contributed by atoms with Crippen LogP contribution in [0.25, 0.3) is 0 Å². The fourth-order valence-electron chi connectivity index (χ4n) is 3.25. The van der Waals surface area contributed by atoms with Crippen LogP contribution in [-0.2, 0) is 13.0 Å². The SMILES string of the molecule is Cc1cc(C)c(C(=O)NCc2cccnc2N(C)CCc2ccccn2)c(=O)[nH]1. The first-order valence-corrected chi connectivity index (χ1v) is 9.49. The minimum Gasteiger partial charge on any atom is -0.359 e. The minimum atomic E-state index is -0.394. The summed E-state index contributed by atoms with van der Waals surface area (Å²) >= 11 is 0. The first kappa shape index (κ1) is 20.3. The van der Waals surface area contributed by atoms with Gasteiger partial charge in [0.1, 0.15) is 11.4 Å². The predicted molar refractivity (Wildman–Crippen MR) is 113 cm³/mol. The molecule has 0 aliphatic rings. The number of hydrogen-bond donors (Lipinski definition) is 2. The number of carbonyl (C=O) groups excluding carboxylic acids is 1. The number of carbonyl (C=O) groups is 1. The Morgan fingerprint density at radius 3 is 2.66 bits per heavy atom. The van der Waals surface area contributed by atoms with Crippen molar-refractivity contribution < 1.29 is 4.79 Å². The van der Waals surface area contributed by atoms with Crippen LogP contribution in [-0.4, -0.2) is 34.5 Å². The average molecular weight is 391 g/mol. The van der Waals surface area contributed by atoms with Gasteiger partial charge in [-0.15, -0.1) is 0 Å². The molecule has 3 aromatic rings. The normalized spacial score (nSPS) is 10.6. The largest absolute Gasteiger partial charge is 0.359 e. The van der Waals surface area contributed by atoms with Crippen molar-refractivity contribution in [3.8, 4) is 0 Å². The summed E-state index contributed by atoms with van der Waals surface area (Å²) in [6.45, 7) is 4.57. The molecule has 150 valence electrons. The maximum Gasteiger partial charge on any atom is 0.261 e. The first-order valence-electron chi connectivity index (χ1n) is 9.49. The summed E-state index contributed by atoms with van der Waals surface area (Å²) in [6.07, 6.45) is 4.30. The average Bonchev–Trinajstić information content (AvgIpc) is 2.70. The molecule has 0 aromatic carbocycles. The molecule has 3 heterocycles. The van der Waals surface area contributed by atoms with Gasteiger partial charge in [-0.3, -0.25) is 14.6 Å². The van der Waals surface area contributed by atoms with E-state index in [1.165, 1.54) is 0 Å². The van der Waals surface area contributed by atoms with Gasteiger partial charge in [-0.25, -0.2) is 4.98 Å². The lowest BCUT2D eigenvalue weighted by Gasteiger charge is -2.21. The fraction of sp³-hybridized carbons (Fsp3) is 0.273. The van der Waals surface area contributed by atoms with Crippen molar-refractivity contribution in [2.24, 2.45) is 0 Å². The second kappa shape index (κ2) is 9.14. The smallest absolute Gasteiger partial charge is 0.261 e. The number of anilines is 1. The van der Waals surface area contributed by atoms with E-state index in [0.29, 0.717) is 5.56 Å². The van der Waals surface area contributed by atoms with E-state index in [-0.39, 0.29) is 17.7 Å². The molecule has 0 radical (unpaired) electrons. The van der Waals surface area contributed by atoms with Crippen molar-refractivity contribution >= 4 is 11.7 Å². The second-order valence-electron chi connectivity index (χ2n) is 7.00. The fourth-order valence-corrected chi connectivity index (χ4v) is 3.25. The lowest BCUT2D eigenvalue weighted by Crippen LogP contribution is -2.31. The Balaban J connectivity index is 1.69. The first-order chi connectivity index (χ1) is 14.0. The summed E-state index contributed by atoms with van der Waals surface area (Å²) in [5, 5.41) is 2.85. The summed E-state index contributed by atoms with van der Waals surface area (Å²) in [4.78, 5) is 38.3. The van der Waals surface area contributed by atoms with Gasteiger partial charge in [-0.1, -0.05) is 12.1 Å². The molecule has 0 atom stereocenters. The number of hydrogen-bond acceptors (Lipinski definition) is 5. The van der Waals surface area contributed by atoms with Gasteiger partial charge in [0.15, 0.2) is 0 Å². The van der Waals surface area contributed by atoms with Gasteiger partial charge < -0.3 is 15.2 Å². The third-order valence-electron chi connectivity index (χ3n) is 4.69. The molecule has 1 amide bonds. The molecule has 0 spiro atoms. The number of rotatable bonds is 7. The molecule has 0 saturated carbocycles. The highest BCUT2D eigenvalue weighted by Crippen LogP contribution is 2.16. The Morgan fingerprint density at radius 2 is 1.93 bits per heavy atom. The summed E-state index contributed by atoms with van der Waals surface area (Å²) in [7, 11) is 1.96. The van der Waals surface area contributed by atoms with E-state index in [0.717, 1.165) is 35.7 Å². The topological polar surface area (TPSA) is 91.0 Å². The molecule has 0 bridgehead atoms. The van der Waals surface area contributed by atoms with Crippen molar-refractivity contribution in [1.29, 1.82) is 0 Å². The van der Waals surface area contributed by atoms with Gasteiger partial charge in [-0.05, 0) is 43.7 Å². The lowest BCUT2D eigenvalue weighted by atomic mass is 10.1. The second-order valence-corrected chi connectivity index (χ2v) is 7.00. The van der Waals surface area contributed by atoms with Crippen LogP contribution in [0.3, 0.4) is 0 Å². The van der Waals surface area contributed by atoms with Crippen LogP contribution in [0.4, 0.5) is 5.82 Å². The van der Waals surface area contributed by atoms with Crippen molar-refractivity contribution in [2.45, 2.75) is 26.8 Å². The van der Waals surface area contributed by atoms with E-state index in [1.54, 1.807) is 32.3 Å². The van der Waals surface area contributed by atoms with Gasteiger partial charge in [0.2, 0.25) is 0 Å². The highest BCUT2D eigenvalue weighted by Gasteiger charge is 2.16. The molecule has 0 unspecified atom stereocenters. The molecule has 0 aliphatic carbocycles. The van der Waals surface area contributed by atoms with Gasteiger partial charge in [0, 0.05) is 55.9 Å². The molecule has 7 nitrogen and oxygen atoms in total. The van der Waals surface area contributed by atoms with Crippen LogP contribution in [0, 0.1) is 13.8 Å². The van der Waals surface area contributed by atoms with E-state index < -0.39 is 5.91 Å². The number of nitrogens with zero attached hydrogens (tertiary/aromatic N) is 3. The monoisotopic (exact) mass is 391 g/mol. The van der Waals surface area contributed by atoms with Crippen LogP contribution in [0.15, 0.2) is 53.6 Å². The minimum absolute atomic E-state index is 0.143. The zero-order valence-corrected chi connectivity index (χ0v) is 16.9. The zero-order valence-electron chi connectivity index (χ0n) is 16.9. The van der Waals surface area contributed by atoms with E-state index in [1.807, 2.05) is 42.3 Å². The van der Waals surface area contributed by atoms with Gasteiger partial charge in [0.25, 0.3) is 11.5 Å². The molecular weight excluding hydrogens is 366 g/mol. The number of aromatic amines is 1. The van der Waals surface area contributed by atoms with E-state index in [9.17, 15) is 9.59 Å². The van der Waals surface area contributed by atoms with Crippen molar-refractivity contribution in [3.63, 3.8) is 0 Å². The molecule has 3 aromatic heterocycles. The summed E-state index contributed by atoms with van der Waals surface area (Å²) in [6, 6.07) is 11.4. The Kier molecular flexibility index (Phi) is 6.39. The van der Waals surface area contributed by atoms with E-state index in [2.05, 4.69) is 20.3 Å². The number of likely N-dealkylation sites (N-methyl/N-ethyl adjacent to an activating group) is 1. The number of amides is 1. The highest BCUT2D eigenvalue weighted by molar-refractivity contribution is 5.95. The van der Waals surface area contributed by atoms with E-state index >= 15 is 0 Å². The van der Waals surface area contributed by atoms with E-state index in [4.69, 9.17) is 0 Å². The Bertz CT molecular complexity index is 1050. The maximum atomic E-state index is 12.6. The molecule has 0 aliphatic heterocycles. The number of aryl methyl sites for hydroxylation is 2. The number of pyridine rings is 3. The molecule has 0 saturated heterocycles. The number of aromatic nitrogens is 3. The van der Waals surface area contributed by atoms with Crippen LogP contribution in [0.5, 0.6) is 0 Å². The third kappa shape index (κ3) is 5.07. The summed E-state index contributed by atoms with van der Waals surface area (Å²) in [5.74, 6) is 0.396. The van der Waals surface area contributed by atoms with Crippen molar-refractivity contribution in [3.05, 3.63) is 87.2 Å².